The third-order valence-corrected chi connectivity index (χ3v) is 1.77. The zero-order valence-electron chi connectivity index (χ0n) is 9.60. The highest BCUT2D eigenvalue weighted by Gasteiger charge is 1.82. The van der Waals surface area contributed by atoms with Gasteiger partial charge in [0, 0.05) is 6.08 Å². The Morgan fingerprint density at radius 3 is 2.28 bits per heavy atom. The van der Waals surface area contributed by atoms with Crippen molar-refractivity contribution in [3.05, 3.63) is 66.5 Å². The molecule has 1 aromatic carbocycles. The molecule has 0 saturated carbocycles. The predicted octanol–water partition coefficient (Wildman–Crippen LogP) is 2.15. The molecule has 0 aliphatic heterocycles. The zero-order valence-corrected chi connectivity index (χ0v) is 9.60. The van der Waals surface area contributed by atoms with Gasteiger partial charge in [0.25, 0.3) is 0 Å². The van der Waals surface area contributed by atoms with Crippen LogP contribution in [0.3, 0.4) is 0 Å². The van der Waals surface area contributed by atoms with Gasteiger partial charge >= 0.3 is 5.97 Å². The molecular formula is C13H13N3O2. The Morgan fingerprint density at radius 2 is 1.78 bits per heavy atom. The lowest BCUT2D eigenvalue weighted by Crippen LogP contribution is -1.84. The number of aliphatic carboxylic acids is 1. The number of carbonyl (C=O) groups is 1. The van der Waals surface area contributed by atoms with Crippen molar-refractivity contribution in [1.29, 1.82) is 0 Å². The van der Waals surface area contributed by atoms with Gasteiger partial charge in [0.05, 0.1) is 12.4 Å². The molecule has 0 radical (unpaired) electrons. The van der Waals surface area contributed by atoms with Crippen molar-refractivity contribution in [1.82, 2.24) is 15.4 Å². The van der Waals surface area contributed by atoms with Crippen LogP contribution in [-0.4, -0.2) is 26.5 Å². The second kappa shape index (κ2) is 8.46. The number of allylic oxidation sites excluding steroid dienone is 2. The summed E-state index contributed by atoms with van der Waals surface area (Å²) in [7, 11) is 0. The van der Waals surface area contributed by atoms with Crippen molar-refractivity contribution in [2.75, 3.05) is 0 Å². The van der Waals surface area contributed by atoms with Crippen LogP contribution in [0.2, 0.25) is 0 Å². The Balaban J connectivity index is 0.000000269. The molecular weight excluding hydrogens is 230 g/mol. The van der Waals surface area contributed by atoms with Crippen LogP contribution in [0.15, 0.2) is 61.0 Å². The topological polar surface area (TPSA) is 78.9 Å². The van der Waals surface area contributed by atoms with E-state index in [0.717, 1.165) is 11.6 Å². The van der Waals surface area contributed by atoms with Gasteiger partial charge in [-0.3, -0.25) is 0 Å². The minimum absolute atomic E-state index is 0.933. The maximum Gasteiger partial charge on any atom is 0.328 e. The van der Waals surface area contributed by atoms with E-state index in [1.165, 1.54) is 6.08 Å². The molecule has 0 atom stereocenters. The highest BCUT2D eigenvalue weighted by atomic mass is 16.4. The predicted molar refractivity (Wildman–Crippen MR) is 68.6 cm³/mol. The number of hydrogen-bond donors (Lipinski definition) is 2. The molecule has 1 aromatic heterocycles. The van der Waals surface area contributed by atoms with Crippen LogP contribution in [0, 0.1) is 0 Å². The Morgan fingerprint density at radius 1 is 1.11 bits per heavy atom. The van der Waals surface area contributed by atoms with Crippen LogP contribution >= 0.6 is 0 Å². The number of aromatic nitrogens is 3. The first kappa shape index (κ1) is 13.4. The van der Waals surface area contributed by atoms with Gasteiger partial charge in [-0.2, -0.15) is 15.4 Å². The quantitative estimate of drug-likeness (QED) is 0.639. The maximum atomic E-state index is 10.1. The van der Waals surface area contributed by atoms with Gasteiger partial charge in [-0.25, -0.2) is 4.79 Å². The summed E-state index contributed by atoms with van der Waals surface area (Å²) < 4.78 is 0. The van der Waals surface area contributed by atoms with Crippen LogP contribution in [0.1, 0.15) is 5.56 Å². The van der Waals surface area contributed by atoms with E-state index in [4.69, 9.17) is 5.11 Å². The van der Waals surface area contributed by atoms with Gasteiger partial charge < -0.3 is 5.11 Å². The number of carboxylic acid groups (broad SMARTS) is 1. The summed E-state index contributed by atoms with van der Waals surface area (Å²) >= 11 is 0. The van der Waals surface area contributed by atoms with E-state index >= 15 is 0 Å². The van der Waals surface area contributed by atoms with Gasteiger partial charge in [-0.1, -0.05) is 48.6 Å². The van der Waals surface area contributed by atoms with Gasteiger partial charge in [-0.15, -0.1) is 0 Å². The lowest BCUT2D eigenvalue weighted by Gasteiger charge is -1.87. The molecule has 18 heavy (non-hydrogen) atoms. The molecule has 2 N–H and O–H groups in total. The molecule has 0 saturated heterocycles. The van der Waals surface area contributed by atoms with Crippen LogP contribution < -0.4 is 0 Å². The number of carboxylic acids is 1. The van der Waals surface area contributed by atoms with Crippen molar-refractivity contribution < 1.29 is 9.90 Å². The first-order valence-corrected chi connectivity index (χ1v) is 5.21. The Hall–Kier alpha value is -2.69. The van der Waals surface area contributed by atoms with Gasteiger partial charge in [0.15, 0.2) is 0 Å². The number of benzene rings is 1. The molecule has 0 amide bonds. The Kier molecular flexibility index (Phi) is 6.29. The van der Waals surface area contributed by atoms with Gasteiger partial charge in [-0.05, 0) is 5.56 Å². The fourth-order valence-corrected chi connectivity index (χ4v) is 1.04. The first-order chi connectivity index (χ1) is 8.79. The summed E-state index contributed by atoms with van der Waals surface area (Å²) in [5, 5.41) is 17.6. The Labute approximate surface area is 104 Å². The molecule has 2 aromatic rings. The molecule has 5 nitrogen and oxygen atoms in total. The number of nitrogens with zero attached hydrogens (tertiary/aromatic N) is 2. The van der Waals surface area contributed by atoms with Crippen molar-refractivity contribution >= 4 is 12.0 Å². The minimum atomic E-state index is -0.933. The average molecular weight is 243 g/mol. The molecule has 0 spiro atoms. The third kappa shape index (κ3) is 6.73. The number of nitrogens with one attached hydrogen (secondary N) is 1. The SMILES string of the molecule is O=C(O)C=CC=Cc1ccccc1.c1cn[nH]n1. The molecule has 0 fully saturated rings. The molecule has 0 aliphatic carbocycles. The number of aromatic amines is 1. The zero-order chi connectivity index (χ0) is 13.1. The third-order valence-electron chi connectivity index (χ3n) is 1.77. The summed E-state index contributed by atoms with van der Waals surface area (Å²) in [5.74, 6) is -0.933. The van der Waals surface area contributed by atoms with E-state index in [2.05, 4.69) is 15.4 Å². The van der Waals surface area contributed by atoms with Crippen molar-refractivity contribution in [2.24, 2.45) is 0 Å². The largest absolute Gasteiger partial charge is 0.478 e. The van der Waals surface area contributed by atoms with Crippen LogP contribution in [0.25, 0.3) is 6.08 Å². The molecule has 0 aliphatic rings. The lowest BCUT2D eigenvalue weighted by atomic mass is 10.2. The highest BCUT2D eigenvalue weighted by Crippen LogP contribution is 2.00. The average Bonchev–Trinajstić information content (AvgIpc) is 2.95. The fourth-order valence-electron chi connectivity index (χ4n) is 1.04. The highest BCUT2D eigenvalue weighted by molar-refractivity contribution is 5.80. The minimum Gasteiger partial charge on any atom is -0.478 e. The number of hydrogen-bond acceptors (Lipinski definition) is 3. The molecule has 0 unspecified atom stereocenters. The first-order valence-electron chi connectivity index (χ1n) is 5.21. The summed E-state index contributed by atoms with van der Waals surface area (Å²) in [6.07, 6.45) is 9.30. The molecule has 1 heterocycles. The standard InChI is InChI=1S/C11H10O2.C2H3N3/c12-11(13)9-5-4-8-10-6-2-1-3-7-10;1-2-4-5-3-1/h1-9H,(H,12,13);1-2H,(H,3,4,5). The second-order valence-corrected chi connectivity index (χ2v) is 3.12. The van der Waals surface area contributed by atoms with Crippen LogP contribution in [-0.2, 0) is 4.79 Å². The summed E-state index contributed by atoms with van der Waals surface area (Å²) in [6.45, 7) is 0. The van der Waals surface area contributed by atoms with E-state index in [0.29, 0.717) is 0 Å². The summed E-state index contributed by atoms with van der Waals surface area (Å²) in [6, 6.07) is 9.70. The van der Waals surface area contributed by atoms with Crippen molar-refractivity contribution in [3.8, 4) is 0 Å². The normalized spacial score (nSPS) is 10.2. The van der Waals surface area contributed by atoms with Crippen LogP contribution in [0.4, 0.5) is 0 Å². The molecule has 0 bridgehead atoms. The number of rotatable bonds is 3. The molecule has 2 rings (SSSR count). The number of H-pyrrole nitrogens is 1. The van der Waals surface area contributed by atoms with Crippen LogP contribution in [0.5, 0.6) is 0 Å². The van der Waals surface area contributed by atoms with E-state index in [1.807, 2.05) is 36.4 Å². The fraction of sp³-hybridized carbons (Fsp3) is 0. The summed E-state index contributed by atoms with van der Waals surface area (Å²) in [5.41, 5.74) is 1.05. The van der Waals surface area contributed by atoms with E-state index in [1.54, 1.807) is 18.5 Å². The monoisotopic (exact) mass is 243 g/mol. The molecule has 5 heteroatoms. The van der Waals surface area contributed by atoms with E-state index < -0.39 is 5.97 Å². The Bertz CT molecular complexity index is 473. The smallest absolute Gasteiger partial charge is 0.328 e. The maximum absolute atomic E-state index is 10.1. The molecule has 92 valence electrons. The van der Waals surface area contributed by atoms with Crippen molar-refractivity contribution in [3.63, 3.8) is 0 Å². The second-order valence-electron chi connectivity index (χ2n) is 3.12. The van der Waals surface area contributed by atoms with Gasteiger partial charge in [0.1, 0.15) is 0 Å². The van der Waals surface area contributed by atoms with Gasteiger partial charge in [0.2, 0.25) is 0 Å². The van der Waals surface area contributed by atoms with E-state index in [-0.39, 0.29) is 0 Å². The summed E-state index contributed by atoms with van der Waals surface area (Å²) in [4.78, 5) is 10.1. The van der Waals surface area contributed by atoms with E-state index in [9.17, 15) is 4.79 Å². The van der Waals surface area contributed by atoms with Crippen molar-refractivity contribution in [2.45, 2.75) is 0 Å². The lowest BCUT2D eigenvalue weighted by molar-refractivity contribution is -0.131.